The van der Waals surface area contributed by atoms with Gasteiger partial charge in [-0.3, -0.25) is 19.8 Å². The predicted molar refractivity (Wildman–Crippen MR) is 115 cm³/mol. The van der Waals surface area contributed by atoms with E-state index in [9.17, 15) is 19.7 Å². The van der Waals surface area contributed by atoms with Gasteiger partial charge in [-0.25, -0.2) is 9.78 Å². The average molecular weight is 428 g/mol. The van der Waals surface area contributed by atoms with Crippen LogP contribution in [0.5, 0.6) is 0 Å². The molecule has 0 bridgehead atoms. The van der Waals surface area contributed by atoms with Crippen molar-refractivity contribution >= 4 is 49.9 Å². The molecule has 2 aromatic carbocycles. The molecule has 0 N–H and O–H groups in total. The van der Waals surface area contributed by atoms with Crippen LogP contribution in [0.3, 0.4) is 0 Å². The van der Waals surface area contributed by atoms with Crippen LogP contribution in [-0.2, 0) is 9.53 Å². The molecule has 1 heterocycles. The minimum Gasteiger partial charge on any atom is -0.452 e. The molecule has 156 valence electrons. The molecule has 0 atom stereocenters. The fourth-order valence-corrected chi connectivity index (χ4v) is 3.90. The number of rotatable bonds is 7. The summed E-state index contributed by atoms with van der Waals surface area (Å²) in [5.41, 5.74) is 0.934. The third kappa shape index (κ3) is 4.38. The van der Waals surface area contributed by atoms with E-state index in [2.05, 4.69) is 4.98 Å². The van der Waals surface area contributed by atoms with Crippen molar-refractivity contribution in [2.75, 3.05) is 37.0 Å². The second-order valence-corrected chi connectivity index (χ2v) is 7.54. The zero-order valence-corrected chi connectivity index (χ0v) is 17.5. The van der Waals surface area contributed by atoms with E-state index < -0.39 is 23.4 Å². The molecule has 10 heteroatoms. The number of aromatic nitrogens is 1. The van der Waals surface area contributed by atoms with Gasteiger partial charge in [0.2, 0.25) is 0 Å². The number of benzene rings is 2. The number of nitrogens with zero attached hydrogens (tertiary/aromatic N) is 4. The second-order valence-electron chi connectivity index (χ2n) is 6.53. The summed E-state index contributed by atoms with van der Waals surface area (Å²) < 4.78 is 6.06. The fraction of sp³-hybridized carbons (Fsp3) is 0.250. The molecule has 0 saturated carbocycles. The van der Waals surface area contributed by atoms with Gasteiger partial charge < -0.3 is 9.64 Å². The Morgan fingerprint density at radius 1 is 1.20 bits per heavy atom. The van der Waals surface area contributed by atoms with Crippen LogP contribution in [0.25, 0.3) is 10.2 Å². The van der Waals surface area contributed by atoms with E-state index in [0.717, 1.165) is 16.3 Å². The molecule has 0 radical (unpaired) electrons. The highest BCUT2D eigenvalue weighted by Gasteiger charge is 2.22. The van der Waals surface area contributed by atoms with E-state index in [1.54, 1.807) is 25.9 Å². The number of nitro benzene ring substituents is 1. The van der Waals surface area contributed by atoms with Crippen molar-refractivity contribution in [3.63, 3.8) is 0 Å². The summed E-state index contributed by atoms with van der Waals surface area (Å²) >= 11 is 1.37. The van der Waals surface area contributed by atoms with Crippen LogP contribution in [0.2, 0.25) is 0 Å². The third-order valence-corrected chi connectivity index (χ3v) is 5.41. The van der Waals surface area contributed by atoms with Gasteiger partial charge in [-0.1, -0.05) is 23.5 Å². The van der Waals surface area contributed by atoms with Crippen LogP contribution in [0.1, 0.15) is 17.3 Å². The van der Waals surface area contributed by atoms with E-state index in [4.69, 9.17) is 4.74 Å². The number of likely N-dealkylation sites (N-methyl/N-ethyl adjacent to an activating group) is 1. The van der Waals surface area contributed by atoms with Crippen LogP contribution >= 0.6 is 11.3 Å². The van der Waals surface area contributed by atoms with E-state index in [1.807, 2.05) is 24.3 Å². The molecule has 1 aromatic heterocycles. The van der Waals surface area contributed by atoms with Gasteiger partial charge in [0.15, 0.2) is 11.7 Å². The van der Waals surface area contributed by atoms with Gasteiger partial charge in [-0.05, 0) is 31.2 Å². The Bertz CT molecular complexity index is 1080. The van der Waals surface area contributed by atoms with Crippen molar-refractivity contribution in [2.24, 2.45) is 0 Å². The first kappa shape index (κ1) is 21.2. The quantitative estimate of drug-likeness (QED) is 0.322. The zero-order chi connectivity index (χ0) is 21.8. The Kier molecular flexibility index (Phi) is 6.26. The second kappa shape index (κ2) is 8.87. The molecule has 3 rings (SSSR count). The highest BCUT2D eigenvalue weighted by atomic mass is 32.1. The minimum absolute atomic E-state index is 0.00290. The number of carbonyl (C=O) groups is 2. The Balaban J connectivity index is 1.72. The first-order valence-electron chi connectivity index (χ1n) is 9.10. The van der Waals surface area contributed by atoms with Crippen molar-refractivity contribution in [1.82, 2.24) is 4.98 Å². The molecule has 0 saturated heterocycles. The third-order valence-electron chi connectivity index (χ3n) is 4.35. The molecular formula is C20H20N4O5S. The Hall–Kier alpha value is -3.53. The van der Waals surface area contributed by atoms with Crippen LogP contribution in [-0.4, -0.2) is 49.0 Å². The molecule has 3 aromatic rings. The van der Waals surface area contributed by atoms with Gasteiger partial charge >= 0.3 is 5.97 Å². The summed E-state index contributed by atoms with van der Waals surface area (Å²) in [6.45, 7) is 1.67. The molecular weight excluding hydrogens is 408 g/mol. The summed E-state index contributed by atoms with van der Waals surface area (Å²) in [6.07, 6.45) is 0. The number of nitro groups is 1. The number of ether oxygens (including phenoxy) is 1. The van der Waals surface area contributed by atoms with E-state index in [-0.39, 0.29) is 11.3 Å². The van der Waals surface area contributed by atoms with Crippen molar-refractivity contribution in [3.05, 3.63) is 58.1 Å². The van der Waals surface area contributed by atoms with Crippen molar-refractivity contribution < 1.29 is 19.2 Å². The molecule has 0 aliphatic heterocycles. The number of fused-ring (bicyclic) bond motifs is 1. The number of hydrogen-bond donors (Lipinski definition) is 0. The number of hydrogen-bond acceptors (Lipinski definition) is 8. The van der Waals surface area contributed by atoms with Gasteiger partial charge in [0.25, 0.3) is 11.6 Å². The lowest BCUT2D eigenvalue weighted by Gasteiger charge is -2.17. The highest BCUT2D eigenvalue weighted by molar-refractivity contribution is 7.22. The van der Waals surface area contributed by atoms with Gasteiger partial charge in [0.1, 0.15) is 5.69 Å². The summed E-state index contributed by atoms with van der Waals surface area (Å²) in [5.74, 6) is -1.23. The lowest BCUT2D eigenvalue weighted by atomic mass is 10.1. The first-order valence-corrected chi connectivity index (χ1v) is 9.92. The average Bonchev–Trinajstić information content (AvgIpc) is 3.15. The van der Waals surface area contributed by atoms with Gasteiger partial charge in [-0.15, -0.1) is 0 Å². The summed E-state index contributed by atoms with van der Waals surface area (Å²) in [4.78, 5) is 43.1. The van der Waals surface area contributed by atoms with Gasteiger partial charge in [-0.2, -0.15) is 0 Å². The highest BCUT2D eigenvalue weighted by Crippen LogP contribution is 2.29. The van der Waals surface area contributed by atoms with E-state index >= 15 is 0 Å². The number of anilines is 2. The van der Waals surface area contributed by atoms with Crippen molar-refractivity contribution in [2.45, 2.75) is 6.92 Å². The SMILES string of the molecule is CCN(C(=O)COC(=O)c1ccc(N(C)C)c([N+](=O)[O-])c1)c1nc2ccccc2s1. The lowest BCUT2D eigenvalue weighted by Crippen LogP contribution is -2.34. The largest absolute Gasteiger partial charge is 0.452 e. The fourth-order valence-electron chi connectivity index (χ4n) is 2.86. The standard InChI is InChI=1S/C20H20N4O5S/c1-4-23(20-21-14-7-5-6-8-17(14)30-20)18(25)12-29-19(26)13-9-10-15(22(2)3)16(11-13)24(27)28/h5-11H,4,12H2,1-3H3. The molecule has 9 nitrogen and oxygen atoms in total. The van der Waals surface area contributed by atoms with E-state index in [0.29, 0.717) is 17.4 Å². The first-order chi connectivity index (χ1) is 14.3. The number of para-hydroxylation sites is 1. The molecule has 0 spiro atoms. The minimum atomic E-state index is -0.808. The maximum Gasteiger partial charge on any atom is 0.338 e. The summed E-state index contributed by atoms with van der Waals surface area (Å²) in [5, 5.41) is 11.8. The normalized spacial score (nSPS) is 10.6. The Morgan fingerprint density at radius 2 is 1.93 bits per heavy atom. The maximum absolute atomic E-state index is 12.6. The van der Waals surface area contributed by atoms with Crippen LogP contribution in [0.15, 0.2) is 42.5 Å². The van der Waals surface area contributed by atoms with Crippen LogP contribution in [0.4, 0.5) is 16.5 Å². The number of amides is 1. The maximum atomic E-state index is 12.6. The Labute approximate surface area is 176 Å². The Morgan fingerprint density at radius 3 is 2.57 bits per heavy atom. The molecule has 0 unspecified atom stereocenters. The predicted octanol–water partition coefficient (Wildman–Crippen LogP) is 3.48. The monoisotopic (exact) mass is 428 g/mol. The molecule has 0 aliphatic carbocycles. The topological polar surface area (TPSA) is 106 Å². The molecule has 30 heavy (non-hydrogen) atoms. The van der Waals surface area contributed by atoms with Crippen molar-refractivity contribution in [1.29, 1.82) is 0 Å². The number of carbonyl (C=O) groups excluding carboxylic acids is 2. The number of thiazole rings is 1. The van der Waals surface area contributed by atoms with Gasteiger partial charge in [0.05, 0.1) is 20.7 Å². The summed E-state index contributed by atoms with van der Waals surface area (Å²) in [7, 11) is 3.33. The smallest absolute Gasteiger partial charge is 0.338 e. The molecule has 1 amide bonds. The summed E-state index contributed by atoms with van der Waals surface area (Å²) in [6, 6.07) is 11.6. The van der Waals surface area contributed by atoms with Crippen LogP contribution < -0.4 is 9.80 Å². The lowest BCUT2D eigenvalue weighted by molar-refractivity contribution is -0.384. The zero-order valence-electron chi connectivity index (χ0n) is 16.7. The molecule has 0 aliphatic rings. The number of esters is 1. The van der Waals surface area contributed by atoms with Gasteiger partial charge in [0, 0.05) is 26.7 Å². The van der Waals surface area contributed by atoms with Crippen molar-refractivity contribution in [3.8, 4) is 0 Å². The molecule has 0 fully saturated rings. The van der Waals surface area contributed by atoms with E-state index in [1.165, 1.54) is 28.4 Å². The van der Waals surface area contributed by atoms with Crippen LogP contribution in [0, 0.1) is 10.1 Å².